The fourth-order valence-electron chi connectivity index (χ4n) is 1.86. The van der Waals surface area contributed by atoms with Gasteiger partial charge in [0.1, 0.15) is 0 Å². The van der Waals surface area contributed by atoms with Gasteiger partial charge in [-0.2, -0.15) is 0 Å². The first-order valence-electron chi connectivity index (χ1n) is 5.07. The number of aliphatic hydroxyl groups excluding tert-OH is 1. The number of esters is 1. The molecule has 1 heterocycles. The van der Waals surface area contributed by atoms with Crippen LogP contribution in [0, 0.1) is 0 Å². The zero-order valence-corrected chi connectivity index (χ0v) is 9.47. The number of aryl methyl sites for hydroxylation is 2. The van der Waals surface area contributed by atoms with Gasteiger partial charge in [-0.15, -0.1) is 11.3 Å². The summed E-state index contributed by atoms with van der Waals surface area (Å²) in [6, 6.07) is 2.03. The third-order valence-electron chi connectivity index (χ3n) is 2.68. The first-order chi connectivity index (χ1) is 7.20. The second-order valence-corrected chi connectivity index (χ2v) is 4.92. The number of carbonyl (C=O) groups excluding carboxylic acids is 1. The molecule has 1 aromatic heterocycles. The van der Waals surface area contributed by atoms with Gasteiger partial charge in [0, 0.05) is 9.75 Å². The molecule has 1 aliphatic rings. The molecule has 3 nitrogen and oxygen atoms in total. The van der Waals surface area contributed by atoms with Crippen molar-refractivity contribution in [3.8, 4) is 0 Å². The molecule has 0 aromatic carbocycles. The van der Waals surface area contributed by atoms with Gasteiger partial charge in [0.2, 0.25) is 0 Å². The molecule has 0 fully saturated rings. The van der Waals surface area contributed by atoms with E-state index in [1.165, 1.54) is 24.0 Å². The molecule has 0 aliphatic heterocycles. The summed E-state index contributed by atoms with van der Waals surface area (Å²) in [5.41, 5.74) is 1.35. The van der Waals surface area contributed by atoms with Crippen LogP contribution in [0.25, 0.3) is 0 Å². The van der Waals surface area contributed by atoms with E-state index in [4.69, 9.17) is 0 Å². The Labute approximate surface area is 92.7 Å². The van der Waals surface area contributed by atoms with Gasteiger partial charge in [-0.1, -0.05) is 0 Å². The largest absolute Gasteiger partial charge is 0.469 e. The smallest absolute Gasteiger partial charge is 0.308 e. The van der Waals surface area contributed by atoms with Crippen molar-refractivity contribution in [2.45, 2.75) is 31.8 Å². The molecule has 0 saturated carbocycles. The zero-order chi connectivity index (χ0) is 10.8. The number of hydrogen-bond acceptors (Lipinski definition) is 4. The normalized spacial score (nSPS) is 16.1. The number of hydrogen-bond donors (Lipinski definition) is 1. The first-order valence-corrected chi connectivity index (χ1v) is 5.88. The molecule has 0 saturated heterocycles. The van der Waals surface area contributed by atoms with E-state index in [0.29, 0.717) is 0 Å². The molecule has 0 radical (unpaired) electrons. The van der Waals surface area contributed by atoms with Crippen LogP contribution in [0.2, 0.25) is 0 Å². The van der Waals surface area contributed by atoms with E-state index >= 15 is 0 Å². The topological polar surface area (TPSA) is 46.5 Å². The van der Waals surface area contributed by atoms with Crippen LogP contribution in [0.5, 0.6) is 0 Å². The van der Waals surface area contributed by atoms with Gasteiger partial charge < -0.3 is 9.84 Å². The minimum atomic E-state index is -0.701. The second-order valence-electron chi connectivity index (χ2n) is 3.75. The van der Waals surface area contributed by atoms with E-state index in [-0.39, 0.29) is 12.4 Å². The number of thiophene rings is 1. The Morgan fingerprint density at radius 3 is 3.13 bits per heavy atom. The number of aliphatic hydroxyl groups is 1. The lowest BCUT2D eigenvalue weighted by atomic mass is 10.2. The van der Waals surface area contributed by atoms with Gasteiger partial charge >= 0.3 is 5.97 Å². The van der Waals surface area contributed by atoms with Crippen molar-refractivity contribution in [2.24, 2.45) is 0 Å². The fourth-order valence-corrected chi connectivity index (χ4v) is 3.10. The number of fused-ring (bicyclic) bond motifs is 1. The highest BCUT2D eigenvalue weighted by atomic mass is 32.1. The molecule has 0 amide bonds. The van der Waals surface area contributed by atoms with Gasteiger partial charge in [-0.25, -0.2) is 0 Å². The van der Waals surface area contributed by atoms with E-state index < -0.39 is 6.10 Å². The van der Waals surface area contributed by atoms with E-state index in [9.17, 15) is 9.90 Å². The van der Waals surface area contributed by atoms with Gasteiger partial charge in [-0.05, 0) is 30.9 Å². The third-order valence-corrected chi connectivity index (χ3v) is 4.02. The molecule has 1 aliphatic carbocycles. The highest BCUT2D eigenvalue weighted by molar-refractivity contribution is 7.12. The molecule has 1 aromatic rings. The maximum atomic E-state index is 11.0. The van der Waals surface area contributed by atoms with Gasteiger partial charge in [-0.3, -0.25) is 4.79 Å². The first kappa shape index (κ1) is 10.6. The highest BCUT2D eigenvalue weighted by Crippen LogP contribution is 2.34. The monoisotopic (exact) mass is 226 g/mol. The summed E-state index contributed by atoms with van der Waals surface area (Å²) in [4.78, 5) is 13.3. The van der Waals surface area contributed by atoms with E-state index in [1.807, 2.05) is 6.07 Å². The van der Waals surface area contributed by atoms with Crippen LogP contribution < -0.4 is 0 Å². The average Bonchev–Trinajstić information content (AvgIpc) is 2.76. The van der Waals surface area contributed by atoms with Crippen LogP contribution >= 0.6 is 11.3 Å². The van der Waals surface area contributed by atoms with Crippen molar-refractivity contribution in [3.63, 3.8) is 0 Å². The van der Waals surface area contributed by atoms with Crippen LogP contribution in [0.3, 0.4) is 0 Å². The SMILES string of the molecule is COC(=O)C[C@@H](O)c1cc2c(s1)CCC2. The minimum absolute atomic E-state index is 0.0515. The molecule has 1 atom stereocenters. The molecular formula is C11H14O3S. The lowest BCUT2D eigenvalue weighted by Crippen LogP contribution is -2.06. The Kier molecular flexibility index (Phi) is 3.07. The van der Waals surface area contributed by atoms with Crippen molar-refractivity contribution in [2.75, 3.05) is 7.11 Å². The number of methoxy groups -OCH3 is 1. The summed E-state index contributed by atoms with van der Waals surface area (Å²) >= 11 is 1.62. The fraction of sp³-hybridized carbons (Fsp3) is 0.545. The Morgan fingerprint density at radius 2 is 2.47 bits per heavy atom. The summed E-state index contributed by atoms with van der Waals surface area (Å²) < 4.78 is 4.53. The standard InChI is InChI=1S/C11H14O3S/c1-14-11(13)6-8(12)10-5-7-3-2-4-9(7)15-10/h5,8,12H,2-4,6H2,1H3/t8-/m1/s1. The molecule has 82 valence electrons. The predicted molar refractivity (Wildman–Crippen MR) is 57.9 cm³/mol. The van der Waals surface area contributed by atoms with Crippen molar-refractivity contribution in [1.82, 2.24) is 0 Å². The van der Waals surface area contributed by atoms with E-state index in [0.717, 1.165) is 17.7 Å². The van der Waals surface area contributed by atoms with E-state index in [1.54, 1.807) is 11.3 Å². The Hall–Kier alpha value is -0.870. The van der Waals surface area contributed by atoms with E-state index in [2.05, 4.69) is 4.74 Å². The lowest BCUT2D eigenvalue weighted by molar-refractivity contribution is -0.142. The quantitative estimate of drug-likeness (QED) is 0.800. The second kappa shape index (κ2) is 4.33. The van der Waals surface area contributed by atoms with Crippen LogP contribution in [0.15, 0.2) is 6.07 Å². The Balaban J connectivity index is 2.06. The van der Waals surface area contributed by atoms with Crippen molar-refractivity contribution in [3.05, 3.63) is 21.4 Å². The molecule has 15 heavy (non-hydrogen) atoms. The number of rotatable bonds is 3. The van der Waals surface area contributed by atoms with Crippen LogP contribution in [-0.2, 0) is 22.4 Å². The molecule has 1 N–H and O–H groups in total. The zero-order valence-electron chi connectivity index (χ0n) is 8.66. The Morgan fingerprint density at radius 1 is 1.67 bits per heavy atom. The molecule has 0 spiro atoms. The van der Waals surface area contributed by atoms with Gasteiger partial charge in [0.05, 0.1) is 19.6 Å². The maximum absolute atomic E-state index is 11.0. The van der Waals surface area contributed by atoms with Crippen molar-refractivity contribution >= 4 is 17.3 Å². The highest BCUT2D eigenvalue weighted by Gasteiger charge is 2.20. The summed E-state index contributed by atoms with van der Waals surface area (Å²) in [7, 11) is 1.34. The maximum Gasteiger partial charge on any atom is 0.308 e. The minimum Gasteiger partial charge on any atom is -0.469 e. The predicted octanol–water partition coefficient (Wildman–Crippen LogP) is 1.83. The number of ether oxygens (including phenoxy) is 1. The molecular weight excluding hydrogens is 212 g/mol. The summed E-state index contributed by atoms with van der Waals surface area (Å²) in [5, 5.41) is 9.79. The summed E-state index contributed by atoms with van der Waals surface area (Å²) in [6.45, 7) is 0. The molecule has 0 unspecified atom stereocenters. The number of carbonyl (C=O) groups is 1. The van der Waals surface area contributed by atoms with Gasteiger partial charge in [0.15, 0.2) is 0 Å². The van der Waals surface area contributed by atoms with Crippen molar-refractivity contribution < 1.29 is 14.6 Å². The average molecular weight is 226 g/mol. The third kappa shape index (κ3) is 2.21. The van der Waals surface area contributed by atoms with Crippen LogP contribution in [0.4, 0.5) is 0 Å². The van der Waals surface area contributed by atoms with Crippen LogP contribution in [0.1, 0.15) is 34.3 Å². The summed E-state index contributed by atoms with van der Waals surface area (Å²) in [5.74, 6) is -0.365. The van der Waals surface area contributed by atoms with Gasteiger partial charge in [0.25, 0.3) is 0 Å². The van der Waals surface area contributed by atoms with Crippen molar-refractivity contribution in [1.29, 1.82) is 0 Å². The molecule has 4 heteroatoms. The summed E-state index contributed by atoms with van der Waals surface area (Å²) in [6.07, 6.45) is 2.79. The van der Waals surface area contributed by atoms with Crippen LogP contribution in [-0.4, -0.2) is 18.2 Å². The Bertz CT molecular complexity index is 348. The molecule has 2 rings (SSSR count). The lowest BCUT2D eigenvalue weighted by Gasteiger charge is -2.06. The molecule has 0 bridgehead atoms.